The van der Waals surface area contributed by atoms with Gasteiger partial charge in [0.25, 0.3) is 0 Å². The van der Waals surface area contributed by atoms with E-state index in [1.165, 1.54) is 7.11 Å². The third kappa shape index (κ3) is 3.89. The number of carbonyl (C=O) groups excluding carboxylic acids is 2. The summed E-state index contributed by atoms with van der Waals surface area (Å²) in [7, 11) is 1.30. The quantitative estimate of drug-likeness (QED) is 0.546. The van der Waals surface area contributed by atoms with Gasteiger partial charge in [-0.2, -0.15) is 0 Å². The number of thiocarbonyl (C=S) groups is 1. The number of ether oxygens (including phenoxy) is 1. The molecule has 0 aromatic carbocycles. The van der Waals surface area contributed by atoms with Gasteiger partial charge in [0.05, 0.1) is 17.5 Å². The third-order valence-electron chi connectivity index (χ3n) is 3.52. The molecule has 3 N–H and O–H groups in total. The van der Waals surface area contributed by atoms with Crippen molar-refractivity contribution in [2.75, 3.05) is 7.11 Å². The van der Waals surface area contributed by atoms with Gasteiger partial charge in [-0.3, -0.25) is 4.79 Å². The summed E-state index contributed by atoms with van der Waals surface area (Å²) in [6.07, 6.45) is 0.993. The molecular weight excluding hydrogens is 264 g/mol. The molecule has 6 heteroatoms. The molecule has 0 bridgehead atoms. The molecule has 0 aromatic heterocycles. The van der Waals surface area contributed by atoms with Crippen molar-refractivity contribution in [3.8, 4) is 0 Å². The van der Waals surface area contributed by atoms with Crippen LogP contribution >= 0.6 is 12.2 Å². The Bertz CT molecular complexity index is 352. The van der Waals surface area contributed by atoms with Crippen molar-refractivity contribution in [2.24, 2.45) is 17.1 Å². The van der Waals surface area contributed by atoms with Gasteiger partial charge < -0.3 is 15.8 Å². The van der Waals surface area contributed by atoms with Gasteiger partial charge in [0, 0.05) is 0 Å². The van der Waals surface area contributed by atoms with E-state index in [0.717, 1.165) is 0 Å². The summed E-state index contributed by atoms with van der Waals surface area (Å²) in [5, 5.41) is 2.71. The van der Waals surface area contributed by atoms with Crippen LogP contribution in [-0.2, 0) is 14.3 Å². The van der Waals surface area contributed by atoms with Crippen LogP contribution in [0.2, 0.25) is 0 Å². The summed E-state index contributed by atoms with van der Waals surface area (Å²) in [6, 6.07) is -0.690. The zero-order chi connectivity index (χ0) is 15.2. The molecule has 0 saturated heterocycles. The highest BCUT2D eigenvalue weighted by atomic mass is 32.1. The minimum atomic E-state index is -0.906. The Morgan fingerprint density at radius 3 is 2.05 bits per heavy atom. The number of nitrogens with one attached hydrogen (secondary N) is 1. The molecule has 0 aromatic rings. The molecule has 0 aliphatic rings. The highest BCUT2D eigenvalue weighted by Crippen LogP contribution is 2.27. The second-order valence-electron chi connectivity index (χ2n) is 4.87. The van der Waals surface area contributed by atoms with Crippen molar-refractivity contribution in [2.45, 2.75) is 46.6 Å². The predicted octanol–water partition coefficient (Wildman–Crippen LogP) is 1.39. The Hall–Kier alpha value is -1.17. The van der Waals surface area contributed by atoms with E-state index in [1.54, 1.807) is 0 Å². The maximum Gasteiger partial charge on any atom is 0.328 e. The summed E-state index contributed by atoms with van der Waals surface area (Å²) in [5.41, 5.74) is 4.80. The molecule has 0 fully saturated rings. The van der Waals surface area contributed by atoms with Crippen molar-refractivity contribution in [3.63, 3.8) is 0 Å². The highest BCUT2D eigenvalue weighted by Gasteiger charge is 2.40. The Labute approximate surface area is 120 Å². The zero-order valence-electron chi connectivity index (χ0n) is 12.3. The van der Waals surface area contributed by atoms with Crippen molar-refractivity contribution < 1.29 is 14.3 Å². The monoisotopic (exact) mass is 288 g/mol. The molecule has 19 heavy (non-hydrogen) atoms. The minimum Gasteiger partial charge on any atom is -0.467 e. The van der Waals surface area contributed by atoms with E-state index in [2.05, 4.69) is 5.32 Å². The van der Waals surface area contributed by atoms with Crippen LogP contribution in [0.25, 0.3) is 0 Å². The van der Waals surface area contributed by atoms with E-state index in [1.807, 2.05) is 27.7 Å². The molecule has 1 amide bonds. The Morgan fingerprint density at radius 2 is 1.79 bits per heavy atom. The molecule has 0 rings (SSSR count). The summed E-state index contributed by atoms with van der Waals surface area (Å²) in [5.74, 6) is -0.851. The van der Waals surface area contributed by atoms with Gasteiger partial charge in [-0.05, 0) is 18.8 Å². The number of methoxy groups -OCH3 is 1. The number of amides is 1. The Balaban J connectivity index is 5.18. The third-order valence-corrected chi connectivity index (χ3v) is 3.91. The lowest BCUT2D eigenvalue weighted by molar-refractivity contribution is -0.147. The van der Waals surface area contributed by atoms with Gasteiger partial charge in [0.15, 0.2) is 0 Å². The number of hydrogen-bond donors (Lipinski definition) is 2. The normalized spacial score (nSPS) is 12.9. The first kappa shape index (κ1) is 17.8. The standard InChI is InChI=1S/C13H24N2O3S/c1-6-13(7-2,11(14)19)12(17)15-9(8(3)4)10(16)18-5/h8-9H,6-7H2,1-5H3,(H2,14,19)(H,15,17). The number of esters is 1. The fourth-order valence-corrected chi connectivity index (χ4v) is 2.32. The van der Waals surface area contributed by atoms with Crippen LogP contribution in [0.1, 0.15) is 40.5 Å². The summed E-state index contributed by atoms with van der Waals surface area (Å²) in [6.45, 7) is 7.37. The van der Waals surface area contributed by atoms with E-state index < -0.39 is 17.4 Å². The Kier molecular flexibility index (Phi) is 6.97. The van der Waals surface area contributed by atoms with Crippen LogP contribution in [-0.4, -0.2) is 30.0 Å². The number of nitrogens with two attached hydrogens (primary N) is 1. The lowest BCUT2D eigenvalue weighted by atomic mass is 9.81. The molecule has 0 spiro atoms. The predicted molar refractivity (Wildman–Crippen MR) is 78.6 cm³/mol. The summed E-state index contributed by atoms with van der Waals surface area (Å²) >= 11 is 5.02. The molecule has 5 nitrogen and oxygen atoms in total. The fraction of sp³-hybridized carbons (Fsp3) is 0.769. The lowest BCUT2D eigenvalue weighted by Crippen LogP contribution is -2.54. The van der Waals surface area contributed by atoms with E-state index in [0.29, 0.717) is 12.8 Å². The molecular formula is C13H24N2O3S. The van der Waals surface area contributed by atoms with E-state index >= 15 is 0 Å². The SMILES string of the molecule is CCC(CC)(C(=O)NC(C(=O)OC)C(C)C)C(N)=S. The summed E-state index contributed by atoms with van der Waals surface area (Å²) in [4.78, 5) is 24.2. The van der Waals surface area contributed by atoms with Gasteiger partial charge in [0.2, 0.25) is 5.91 Å². The average molecular weight is 288 g/mol. The van der Waals surface area contributed by atoms with Crippen molar-refractivity contribution in [3.05, 3.63) is 0 Å². The first-order valence-electron chi connectivity index (χ1n) is 6.45. The smallest absolute Gasteiger partial charge is 0.328 e. The minimum absolute atomic E-state index is 0.0749. The molecule has 0 saturated carbocycles. The van der Waals surface area contributed by atoms with Crippen LogP contribution in [0.5, 0.6) is 0 Å². The van der Waals surface area contributed by atoms with Gasteiger partial charge in [0.1, 0.15) is 6.04 Å². The van der Waals surface area contributed by atoms with Gasteiger partial charge >= 0.3 is 5.97 Å². The lowest BCUT2D eigenvalue weighted by Gasteiger charge is -2.31. The maximum absolute atomic E-state index is 12.4. The van der Waals surface area contributed by atoms with Gasteiger partial charge in [-0.15, -0.1) is 0 Å². The van der Waals surface area contributed by atoms with Gasteiger partial charge in [-0.1, -0.05) is 39.9 Å². The molecule has 1 unspecified atom stereocenters. The first-order chi connectivity index (χ1) is 8.76. The summed E-state index contributed by atoms with van der Waals surface area (Å²) < 4.78 is 4.70. The second-order valence-corrected chi connectivity index (χ2v) is 5.31. The number of carbonyl (C=O) groups is 2. The van der Waals surface area contributed by atoms with Crippen molar-refractivity contribution in [1.82, 2.24) is 5.32 Å². The Morgan fingerprint density at radius 1 is 1.32 bits per heavy atom. The number of rotatable bonds is 7. The van der Waals surface area contributed by atoms with Crippen LogP contribution < -0.4 is 11.1 Å². The fourth-order valence-electron chi connectivity index (χ4n) is 1.94. The van der Waals surface area contributed by atoms with E-state index in [4.69, 9.17) is 22.7 Å². The maximum atomic E-state index is 12.4. The molecule has 0 aliphatic carbocycles. The van der Waals surface area contributed by atoms with Crippen LogP contribution in [0, 0.1) is 11.3 Å². The van der Waals surface area contributed by atoms with Crippen molar-refractivity contribution >= 4 is 29.1 Å². The molecule has 1 atom stereocenters. The topological polar surface area (TPSA) is 81.4 Å². The van der Waals surface area contributed by atoms with Gasteiger partial charge in [-0.25, -0.2) is 4.79 Å². The van der Waals surface area contributed by atoms with Crippen LogP contribution in [0.4, 0.5) is 0 Å². The molecule has 0 aliphatic heterocycles. The van der Waals surface area contributed by atoms with E-state index in [-0.39, 0.29) is 16.8 Å². The van der Waals surface area contributed by atoms with E-state index in [9.17, 15) is 9.59 Å². The number of hydrogen-bond acceptors (Lipinski definition) is 4. The van der Waals surface area contributed by atoms with Crippen molar-refractivity contribution in [1.29, 1.82) is 0 Å². The van der Waals surface area contributed by atoms with Crippen LogP contribution in [0.3, 0.4) is 0 Å². The zero-order valence-corrected chi connectivity index (χ0v) is 13.1. The molecule has 110 valence electrons. The highest BCUT2D eigenvalue weighted by molar-refractivity contribution is 7.80. The first-order valence-corrected chi connectivity index (χ1v) is 6.86. The average Bonchev–Trinajstić information content (AvgIpc) is 2.36. The molecule has 0 heterocycles. The second kappa shape index (κ2) is 7.43. The van der Waals surface area contributed by atoms with Crippen LogP contribution in [0.15, 0.2) is 0 Å². The molecule has 0 radical (unpaired) electrons. The largest absolute Gasteiger partial charge is 0.467 e.